The second-order valence-corrected chi connectivity index (χ2v) is 5.40. The van der Waals surface area contributed by atoms with Gasteiger partial charge >= 0.3 is 22.1 Å². The molecule has 0 fully saturated rings. The molecule has 0 aromatic heterocycles. The molecule has 0 amide bonds. The molecule has 0 aliphatic heterocycles. The Balaban J connectivity index is 3.79. The molecule has 100 valence electrons. The van der Waals surface area contributed by atoms with Crippen molar-refractivity contribution in [3.8, 4) is 0 Å². The van der Waals surface area contributed by atoms with Gasteiger partial charge in [-0.15, -0.1) is 0 Å². The normalized spacial score (nSPS) is 11.1. The lowest BCUT2D eigenvalue weighted by Gasteiger charge is -2.03. The van der Waals surface area contributed by atoms with E-state index in [1.165, 1.54) is 0 Å². The minimum absolute atomic E-state index is 0.321. The Morgan fingerprint density at radius 2 is 1.59 bits per heavy atom. The Morgan fingerprint density at radius 3 is 2.12 bits per heavy atom. The Bertz CT molecular complexity index is 346. The SMILES string of the molecule is CCCCCCCCS(=O)(=O)OC(=O)C(=O)O. The second-order valence-electron chi connectivity index (χ2n) is 3.71. The van der Waals surface area contributed by atoms with Crippen molar-refractivity contribution in [3.05, 3.63) is 0 Å². The molecule has 17 heavy (non-hydrogen) atoms. The molecule has 0 bridgehead atoms. The summed E-state index contributed by atoms with van der Waals surface area (Å²) in [5.74, 6) is -3.98. The first-order valence-corrected chi connectivity index (χ1v) is 7.16. The van der Waals surface area contributed by atoms with Gasteiger partial charge in [0.05, 0.1) is 5.75 Å². The molecule has 0 aliphatic rings. The van der Waals surface area contributed by atoms with Gasteiger partial charge < -0.3 is 9.29 Å². The lowest BCUT2D eigenvalue weighted by Crippen LogP contribution is -2.22. The van der Waals surface area contributed by atoms with Gasteiger partial charge in [0.15, 0.2) is 0 Å². The van der Waals surface area contributed by atoms with Gasteiger partial charge in [-0.1, -0.05) is 39.0 Å². The van der Waals surface area contributed by atoms with Crippen molar-refractivity contribution >= 4 is 22.1 Å². The third-order valence-corrected chi connectivity index (χ3v) is 3.32. The summed E-state index contributed by atoms with van der Waals surface area (Å²) in [5.41, 5.74) is 0. The molecule has 0 rings (SSSR count). The molecule has 6 nitrogen and oxygen atoms in total. The highest BCUT2D eigenvalue weighted by Crippen LogP contribution is 2.07. The van der Waals surface area contributed by atoms with Gasteiger partial charge in [0.2, 0.25) is 0 Å². The van der Waals surface area contributed by atoms with Crippen LogP contribution in [0, 0.1) is 0 Å². The third-order valence-electron chi connectivity index (χ3n) is 2.13. The van der Waals surface area contributed by atoms with Crippen molar-refractivity contribution in [2.75, 3.05) is 5.75 Å². The monoisotopic (exact) mass is 266 g/mol. The highest BCUT2D eigenvalue weighted by atomic mass is 32.2. The Morgan fingerprint density at radius 1 is 1.06 bits per heavy atom. The molecular weight excluding hydrogens is 248 g/mol. The highest BCUT2D eigenvalue weighted by Gasteiger charge is 2.22. The predicted molar refractivity (Wildman–Crippen MR) is 60.9 cm³/mol. The zero-order valence-electron chi connectivity index (χ0n) is 9.85. The van der Waals surface area contributed by atoms with Crippen molar-refractivity contribution in [1.29, 1.82) is 0 Å². The molecule has 0 aromatic rings. The number of aliphatic carboxylic acids is 1. The van der Waals surface area contributed by atoms with E-state index in [9.17, 15) is 18.0 Å². The summed E-state index contributed by atoms with van der Waals surface area (Å²) < 4.78 is 26.1. The van der Waals surface area contributed by atoms with Crippen LogP contribution in [-0.2, 0) is 23.9 Å². The maximum Gasteiger partial charge on any atom is 0.432 e. The Hall–Kier alpha value is -1.11. The summed E-state index contributed by atoms with van der Waals surface area (Å²) in [6, 6.07) is 0. The van der Waals surface area contributed by atoms with Crippen LogP contribution in [0.3, 0.4) is 0 Å². The van der Waals surface area contributed by atoms with E-state index in [2.05, 4.69) is 11.1 Å². The van der Waals surface area contributed by atoms with E-state index in [0.29, 0.717) is 6.42 Å². The average Bonchev–Trinajstić information content (AvgIpc) is 2.22. The van der Waals surface area contributed by atoms with Crippen molar-refractivity contribution < 1.29 is 27.3 Å². The van der Waals surface area contributed by atoms with Crippen LogP contribution in [0.2, 0.25) is 0 Å². The summed E-state index contributed by atoms with van der Waals surface area (Å²) in [6.07, 6.45) is 5.29. The number of hydrogen-bond donors (Lipinski definition) is 1. The first-order valence-electron chi connectivity index (χ1n) is 5.58. The van der Waals surface area contributed by atoms with Crippen LogP contribution in [0.1, 0.15) is 45.4 Å². The fourth-order valence-electron chi connectivity index (χ4n) is 1.25. The number of carbonyl (C=O) groups excluding carboxylic acids is 1. The van der Waals surface area contributed by atoms with E-state index >= 15 is 0 Å². The molecule has 0 heterocycles. The molecule has 0 saturated carbocycles. The van der Waals surface area contributed by atoms with Crippen LogP contribution in [0.5, 0.6) is 0 Å². The molecule has 0 unspecified atom stereocenters. The largest absolute Gasteiger partial charge is 0.473 e. The number of carbonyl (C=O) groups is 2. The quantitative estimate of drug-likeness (QED) is 0.404. The average molecular weight is 266 g/mol. The van der Waals surface area contributed by atoms with Crippen LogP contribution in [-0.4, -0.2) is 31.2 Å². The minimum atomic E-state index is -4.05. The summed E-state index contributed by atoms with van der Waals surface area (Å²) in [6.45, 7) is 2.08. The van der Waals surface area contributed by atoms with Crippen LogP contribution in [0.25, 0.3) is 0 Å². The van der Waals surface area contributed by atoms with Gasteiger partial charge in [-0.3, -0.25) is 0 Å². The standard InChI is InChI=1S/C10H18O6S/c1-2-3-4-5-6-7-8-17(14,15)16-10(13)9(11)12/h2-8H2,1H3,(H,11,12). The molecule has 0 radical (unpaired) electrons. The smallest absolute Gasteiger partial charge is 0.432 e. The molecule has 7 heteroatoms. The van der Waals surface area contributed by atoms with E-state index in [1.54, 1.807) is 0 Å². The van der Waals surface area contributed by atoms with Gasteiger partial charge in [0.25, 0.3) is 0 Å². The maximum atomic E-state index is 11.1. The topological polar surface area (TPSA) is 97.7 Å². The molecule has 0 aromatic carbocycles. The van der Waals surface area contributed by atoms with E-state index < -0.39 is 22.1 Å². The lowest BCUT2D eigenvalue weighted by atomic mass is 10.1. The van der Waals surface area contributed by atoms with Crippen LogP contribution < -0.4 is 0 Å². The zero-order chi connectivity index (χ0) is 13.3. The zero-order valence-corrected chi connectivity index (χ0v) is 10.7. The maximum absolute atomic E-state index is 11.1. The van der Waals surface area contributed by atoms with Gasteiger partial charge in [-0.25, -0.2) is 9.59 Å². The first kappa shape index (κ1) is 15.9. The molecule has 0 atom stereocenters. The number of carboxylic acids is 1. The number of unbranched alkanes of at least 4 members (excludes halogenated alkanes) is 5. The summed E-state index contributed by atoms with van der Waals surface area (Å²) >= 11 is 0. The Kier molecular flexibility index (Phi) is 7.53. The number of rotatable bonds is 8. The van der Waals surface area contributed by atoms with Gasteiger partial charge in [0.1, 0.15) is 0 Å². The van der Waals surface area contributed by atoms with Crippen molar-refractivity contribution in [3.63, 3.8) is 0 Å². The summed E-state index contributed by atoms with van der Waals surface area (Å²) in [7, 11) is -4.05. The second kappa shape index (κ2) is 8.05. The van der Waals surface area contributed by atoms with Crippen LogP contribution >= 0.6 is 0 Å². The van der Waals surface area contributed by atoms with Crippen molar-refractivity contribution in [2.24, 2.45) is 0 Å². The van der Waals surface area contributed by atoms with E-state index in [-0.39, 0.29) is 5.75 Å². The highest BCUT2D eigenvalue weighted by molar-refractivity contribution is 7.87. The molecule has 0 saturated heterocycles. The van der Waals surface area contributed by atoms with Crippen molar-refractivity contribution in [2.45, 2.75) is 45.4 Å². The molecule has 0 spiro atoms. The number of carboxylic acid groups (broad SMARTS) is 1. The minimum Gasteiger partial charge on any atom is -0.473 e. The van der Waals surface area contributed by atoms with Crippen molar-refractivity contribution in [1.82, 2.24) is 0 Å². The molecule has 0 aliphatic carbocycles. The summed E-state index contributed by atoms with van der Waals surface area (Å²) in [4.78, 5) is 20.6. The number of hydrogen-bond acceptors (Lipinski definition) is 5. The molecular formula is C10H18O6S. The predicted octanol–water partition coefficient (Wildman–Crippen LogP) is 1.30. The Labute approximate surface area is 101 Å². The summed E-state index contributed by atoms with van der Waals surface area (Å²) in [5, 5.41) is 8.18. The lowest BCUT2D eigenvalue weighted by molar-refractivity contribution is -0.157. The fraction of sp³-hybridized carbons (Fsp3) is 0.800. The van der Waals surface area contributed by atoms with E-state index in [4.69, 9.17) is 5.11 Å². The van der Waals surface area contributed by atoms with E-state index in [0.717, 1.165) is 32.1 Å². The van der Waals surface area contributed by atoms with Gasteiger partial charge in [0, 0.05) is 0 Å². The van der Waals surface area contributed by atoms with Crippen LogP contribution in [0.15, 0.2) is 0 Å². The van der Waals surface area contributed by atoms with Gasteiger partial charge in [-0.05, 0) is 6.42 Å². The fourth-order valence-corrected chi connectivity index (χ4v) is 2.19. The van der Waals surface area contributed by atoms with Crippen LogP contribution in [0.4, 0.5) is 0 Å². The third kappa shape index (κ3) is 8.67. The van der Waals surface area contributed by atoms with E-state index in [1.807, 2.05) is 0 Å². The first-order chi connectivity index (χ1) is 7.89. The van der Waals surface area contributed by atoms with Gasteiger partial charge in [-0.2, -0.15) is 8.42 Å². The molecule has 1 N–H and O–H groups in total.